The minimum Gasteiger partial charge on any atom is -0.450 e. The molecule has 5 amide bonds. The molecule has 3 saturated heterocycles. The quantitative estimate of drug-likeness (QED) is 0.0135. The van der Waals surface area contributed by atoms with E-state index in [0.29, 0.717) is 98.3 Å². The van der Waals surface area contributed by atoms with E-state index in [1.54, 1.807) is 44.4 Å². The lowest BCUT2D eigenvalue weighted by molar-refractivity contribution is -0.378. The Morgan fingerprint density at radius 3 is 1.49 bits per heavy atom. The number of aldehydes is 1. The SMILES string of the molecule is C=C(C)CC.C=C(C)CN(CC(OC)OC)C(=O)OCC.C=C(C)CN(CC=O)C(=O)OCC.CCOC(=O)N1CC(N)C(C)(CO)C1.CCOC(=O)N1CC2N(Cc3ccccc3)OCC2(C)C1.CCOC(=O)NCC(OC)OC.Cc1ccc(C)cc1.ONCc1ccccc1.[2HH].[2HH].[2H][2H].[2H][2H].[2H][2H].[2H][2H].[2H][2H].[2H][2H].[2H][2H].[2H][2H].c1cc[nH+]cc1. The summed E-state index contributed by atoms with van der Waals surface area (Å²) in [5.74, 6) is 0. The number of hydroxylamine groups is 3. The Morgan fingerprint density at radius 1 is 0.663 bits per heavy atom. The Kier molecular flexibility index (Phi) is 47.0. The van der Waals surface area contributed by atoms with Crippen LogP contribution in [-0.4, -0.2) is 230 Å². The molecule has 0 spiro atoms. The van der Waals surface area contributed by atoms with Gasteiger partial charge in [-0.25, -0.2) is 34.4 Å². The second-order valence-electron chi connectivity index (χ2n) is 24.6. The summed E-state index contributed by atoms with van der Waals surface area (Å²) in [6.07, 6.45) is 2.77. The van der Waals surface area contributed by atoms with E-state index in [1.165, 1.54) is 60.5 Å². The van der Waals surface area contributed by atoms with Gasteiger partial charge in [-0.15, -0.1) is 6.58 Å². The molecular weight excluding hydrogens is 1340 g/mol. The first kappa shape index (κ1) is 82.9. The highest BCUT2D eigenvalue weighted by atomic mass is 16.7. The summed E-state index contributed by atoms with van der Waals surface area (Å²) >= 11 is 0. The lowest BCUT2D eigenvalue weighted by Gasteiger charge is -2.25. The van der Waals surface area contributed by atoms with E-state index in [-0.39, 0.29) is 58.3 Å². The molecule has 3 aliphatic heterocycles. The number of aromatic amines is 1. The third-order valence-corrected chi connectivity index (χ3v) is 15.0. The Morgan fingerprint density at radius 2 is 1.11 bits per heavy atom. The number of ether oxygens (including phenoxy) is 9. The van der Waals surface area contributed by atoms with E-state index in [2.05, 4.69) is 104 Å². The molecule has 3 aliphatic rings. The number of aliphatic hydroxyl groups excluding tert-OH is 1. The molecule has 4 atom stereocenters. The van der Waals surface area contributed by atoms with Gasteiger partial charge >= 0.3 is 30.5 Å². The summed E-state index contributed by atoms with van der Waals surface area (Å²) in [5.41, 5.74) is 15.4. The van der Waals surface area contributed by atoms with Gasteiger partial charge in [0.1, 0.15) is 6.29 Å². The molecule has 4 aromatic rings. The van der Waals surface area contributed by atoms with Crippen LogP contribution in [-0.2, 0) is 65.4 Å². The monoisotopic (exact) mass is 1500 g/mol. The van der Waals surface area contributed by atoms with Crippen LogP contribution in [0.5, 0.6) is 0 Å². The second kappa shape index (κ2) is 59.0. The second-order valence-corrected chi connectivity index (χ2v) is 24.6. The molecule has 0 saturated carbocycles. The summed E-state index contributed by atoms with van der Waals surface area (Å²) in [7, 11) is 6.05. The number of hydrogen-bond donors (Lipinski definition) is 5. The Bertz CT molecular complexity index is 2960. The zero-order valence-electron chi connectivity index (χ0n) is 81.2. The average Bonchev–Trinajstić information content (AvgIpc) is 1.61. The minimum atomic E-state index is -0.474. The highest BCUT2D eigenvalue weighted by molar-refractivity contribution is 5.72. The van der Waals surface area contributed by atoms with E-state index in [0.717, 1.165) is 29.7 Å². The average molecular weight is 1500 g/mol. The van der Waals surface area contributed by atoms with Crippen molar-refractivity contribution in [3.05, 3.63) is 174 Å². The van der Waals surface area contributed by atoms with Crippen molar-refractivity contribution in [3.8, 4) is 0 Å². The van der Waals surface area contributed by atoms with Gasteiger partial charge in [-0.1, -0.05) is 153 Å². The molecule has 4 heterocycles. The number of fused-ring (bicyclic) bond motifs is 1. The fourth-order valence-corrected chi connectivity index (χ4v) is 9.09. The number of amides is 5. The fraction of sp³-hybridized carbons (Fsp3) is 0.545. The van der Waals surface area contributed by atoms with Gasteiger partial charge in [0.25, 0.3) is 0 Å². The van der Waals surface area contributed by atoms with Gasteiger partial charge in [-0.3, -0.25) is 14.6 Å². The highest BCUT2D eigenvalue weighted by Crippen LogP contribution is 2.40. The maximum Gasteiger partial charge on any atom is 0.410 e. The summed E-state index contributed by atoms with van der Waals surface area (Å²) in [4.78, 5) is 81.9. The lowest BCUT2D eigenvalue weighted by Crippen LogP contribution is -2.40. The van der Waals surface area contributed by atoms with Gasteiger partial charge in [0.05, 0.1) is 71.9 Å². The first-order valence-electron chi connectivity index (χ1n) is 42.8. The fourth-order valence-electron chi connectivity index (χ4n) is 9.09. The number of nitrogens with one attached hydrogen (secondary N) is 3. The van der Waals surface area contributed by atoms with E-state index < -0.39 is 30.2 Å². The first-order chi connectivity index (χ1) is 57.5. The van der Waals surface area contributed by atoms with Gasteiger partial charge < -0.3 is 78.6 Å². The number of methoxy groups -OCH3 is 4. The number of carbonyl (C=O) groups excluding carboxylic acids is 6. The molecule has 606 valence electrons. The predicted octanol–water partition coefficient (Wildman–Crippen LogP) is 13.7. The number of aryl methyl sites for hydroxylation is 2. The van der Waals surface area contributed by atoms with Crippen LogP contribution in [0.15, 0.2) is 152 Å². The van der Waals surface area contributed by atoms with Crippen molar-refractivity contribution in [1.29, 1.82) is 0 Å². The third kappa shape index (κ3) is 44.3. The Labute approximate surface area is 647 Å². The van der Waals surface area contributed by atoms with E-state index in [9.17, 15) is 28.8 Å². The number of aromatic nitrogens is 1. The first-order valence-corrected chi connectivity index (χ1v) is 34.8. The molecule has 4 unspecified atom stereocenters. The number of carbonyl (C=O) groups is 6. The molecule has 3 aromatic carbocycles. The number of nitrogens with two attached hydrogens (primary N) is 1. The van der Waals surface area contributed by atoms with Crippen LogP contribution in [0.1, 0.15) is 131 Å². The number of H-pyrrole nitrogens is 1. The molecule has 27 nitrogen and oxygen atoms in total. The van der Waals surface area contributed by atoms with Gasteiger partial charge in [-0.05, 0) is 86.8 Å². The van der Waals surface area contributed by atoms with E-state index in [4.69, 9.17) is 82.5 Å². The lowest BCUT2D eigenvalue weighted by atomic mass is 9.87. The van der Waals surface area contributed by atoms with Crippen LogP contribution in [0.4, 0.5) is 24.0 Å². The molecule has 3 fully saturated rings. The molecule has 0 bridgehead atoms. The number of hydrogen-bond acceptors (Lipinski definition) is 21. The van der Waals surface area contributed by atoms with Crippen molar-refractivity contribution in [2.24, 2.45) is 16.6 Å². The molecule has 7 N–H and O–H groups in total. The molecule has 0 aliphatic carbocycles. The summed E-state index contributed by atoms with van der Waals surface area (Å²) in [6.45, 7) is 43.3. The molecule has 104 heavy (non-hydrogen) atoms. The van der Waals surface area contributed by atoms with Crippen LogP contribution in [0.25, 0.3) is 0 Å². The third-order valence-electron chi connectivity index (χ3n) is 15.0. The van der Waals surface area contributed by atoms with E-state index in [1.807, 2.05) is 112 Å². The number of aliphatic hydroxyl groups is 1. The van der Waals surface area contributed by atoms with Crippen LogP contribution in [0.3, 0.4) is 0 Å². The maximum absolute atomic E-state index is 11.9. The van der Waals surface area contributed by atoms with Gasteiger partial charge in [-0.2, -0.15) is 5.06 Å². The van der Waals surface area contributed by atoms with Crippen molar-refractivity contribution in [3.63, 3.8) is 0 Å². The zero-order valence-corrected chi connectivity index (χ0v) is 65.2. The van der Waals surface area contributed by atoms with E-state index >= 15 is 0 Å². The number of allylic oxidation sites excluding steroid dienone is 1. The Hall–Kier alpha value is -8.35. The van der Waals surface area contributed by atoms with Crippen molar-refractivity contribution in [1.82, 2.24) is 35.5 Å². The smallest absolute Gasteiger partial charge is 0.410 e. The molecule has 27 heteroatoms. The van der Waals surface area contributed by atoms with Crippen molar-refractivity contribution in [2.45, 2.75) is 134 Å². The topological polar surface area (TPSA) is 316 Å². The summed E-state index contributed by atoms with van der Waals surface area (Å²) in [5, 5.41) is 21.9. The van der Waals surface area contributed by atoms with Crippen molar-refractivity contribution < 1.29 is 118 Å². The van der Waals surface area contributed by atoms with Crippen molar-refractivity contribution in [2.75, 3.05) is 134 Å². The van der Waals surface area contributed by atoms with Crippen molar-refractivity contribution >= 4 is 36.8 Å². The maximum atomic E-state index is 11.9. The number of alkyl carbamates (subject to hydrolysis) is 1. The van der Waals surface area contributed by atoms with Gasteiger partial charge in [0.2, 0.25) is 0 Å². The minimum absolute atomic E-state index is 0. The normalized spacial score (nSPS) is 16.9. The standard InChI is InChI=1S/C16H22N2O3.C11H21NO4.C9H18N2O3.C9H15NO3.C8H10.C7H15NO4.C7H9NO.C5H5N.C5H10.10H2/c1-3-20-15(19)17-10-14-16(2,11-17)12-21-18(14)9-13-7-5-4-6-8-13;1-6-16-11(13)12(7-9(2)3)8-10(14-4)15-5;1-3-14-8(13)11-4-7(10)9(2,5-11)6-12;1-4-13-9(12)10(5-6-11)7-8(2)3;1-7-3-5-8(2)6-4-7;1-4-12-7(9)8-5-6(10-2)11-3;9-8-6-7-4-2-1-3-5-7;1-2-4-6-5-3-1;1-4-5(2)3;;;;;;;;;;/h4-8,14H,3,9-12H2,1-2H3;10H,2,6-8H2,1,3-5H3;7,12H,3-6,10H2,1-2H3;6H,2,4-5,7H2,1,3H3;3-6H,1-2H3;6H,4-5H2,1-3H3,(H,8,9);1-5,8-9H,6H2;1-5H;2,4H2,1,3H3;10*1H/p+1/i;;;;;;;;;8*1+1D;2*1+1. The van der Waals surface area contributed by atoms with Crippen LogP contribution in [0.2, 0.25) is 0 Å². The van der Waals surface area contributed by atoms with Gasteiger partial charge in [0, 0.05) is 136 Å². The van der Waals surface area contributed by atoms with Crippen LogP contribution < -0.4 is 21.5 Å². The molecular formula is C77H146N9O18+. The Balaban J connectivity index is -0.000000111. The number of benzene rings is 3. The summed E-state index contributed by atoms with van der Waals surface area (Å²) in [6, 6.07) is 34.4. The van der Waals surface area contributed by atoms with Crippen LogP contribution >= 0.6 is 0 Å². The van der Waals surface area contributed by atoms with Crippen LogP contribution in [0, 0.1) is 24.7 Å². The number of rotatable bonds is 25. The zero-order chi connectivity index (χ0) is 94.9. The predicted molar refractivity (Wildman–Crippen MR) is 424 cm³/mol. The summed E-state index contributed by atoms with van der Waals surface area (Å²) < 4.78 is 124. The number of nitrogens with zero attached hydrogens (tertiary/aromatic N) is 5. The number of pyridine rings is 1. The van der Waals surface area contributed by atoms with Gasteiger partial charge in [0.15, 0.2) is 25.0 Å². The molecule has 0 radical (unpaired) electrons. The highest BCUT2D eigenvalue weighted by Gasteiger charge is 2.53. The largest absolute Gasteiger partial charge is 0.450 e. The molecule has 1 aromatic heterocycles. The number of likely N-dealkylation sites (tertiary alicyclic amines) is 2. The molecule has 7 rings (SSSR count).